The van der Waals surface area contributed by atoms with E-state index in [1.54, 1.807) is 10.9 Å². The van der Waals surface area contributed by atoms with Crippen LogP contribution in [0.25, 0.3) is 16.6 Å². The van der Waals surface area contributed by atoms with E-state index >= 15 is 0 Å². The zero-order chi connectivity index (χ0) is 14.8. The van der Waals surface area contributed by atoms with Crippen molar-refractivity contribution in [2.45, 2.75) is 19.8 Å². The second-order valence-corrected chi connectivity index (χ2v) is 4.70. The number of hydrogen-bond acceptors (Lipinski definition) is 4. The van der Waals surface area contributed by atoms with E-state index in [1.165, 1.54) is 0 Å². The lowest BCUT2D eigenvalue weighted by Gasteiger charge is -2.06. The van der Waals surface area contributed by atoms with Crippen LogP contribution >= 0.6 is 0 Å². The lowest BCUT2D eigenvalue weighted by molar-refractivity contribution is 0.0683. The fourth-order valence-corrected chi connectivity index (χ4v) is 2.22. The van der Waals surface area contributed by atoms with Crippen LogP contribution in [-0.2, 0) is 6.42 Å². The smallest absolute Gasteiger partial charge is 0.375 e. The number of aromatic nitrogens is 4. The van der Waals surface area contributed by atoms with Crippen LogP contribution in [0.5, 0.6) is 0 Å². The molecule has 0 aliphatic rings. The molecule has 106 valence electrons. The molecule has 3 aromatic rings. The molecule has 0 bridgehead atoms. The zero-order valence-electron chi connectivity index (χ0n) is 11.5. The van der Waals surface area contributed by atoms with E-state index in [1.807, 2.05) is 37.3 Å². The summed E-state index contributed by atoms with van der Waals surface area (Å²) in [5.74, 6) is -0.642. The van der Waals surface area contributed by atoms with Crippen molar-refractivity contribution in [2.24, 2.45) is 0 Å². The fourth-order valence-electron chi connectivity index (χ4n) is 2.22. The largest absolute Gasteiger partial charge is 0.475 e. The van der Waals surface area contributed by atoms with E-state index in [4.69, 9.17) is 5.11 Å². The van der Waals surface area contributed by atoms with Crippen LogP contribution in [0.15, 0.2) is 36.5 Å². The van der Waals surface area contributed by atoms with Crippen molar-refractivity contribution in [3.8, 4) is 5.69 Å². The van der Waals surface area contributed by atoms with E-state index < -0.39 is 5.97 Å². The quantitative estimate of drug-likeness (QED) is 0.795. The Morgan fingerprint density at radius 2 is 2.19 bits per heavy atom. The van der Waals surface area contributed by atoms with Crippen LogP contribution in [-0.4, -0.2) is 30.8 Å². The first kappa shape index (κ1) is 13.2. The van der Waals surface area contributed by atoms with Crippen LogP contribution in [0, 0.1) is 0 Å². The molecule has 0 spiro atoms. The Labute approximate surface area is 121 Å². The summed E-state index contributed by atoms with van der Waals surface area (Å²) in [5, 5.41) is 14.1. The van der Waals surface area contributed by atoms with E-state index in [0.717, 1.165) is 23.0 Å². The molecular weight excluding hydrogens is 268 g/mol. The number of carboxylic acid groups (broad SMARTS) is 1. The van der Waals surface area contributed by atoms with Gasteiger partial charge in [0, 0.05) is 18.0 Å². The Bertz CT molecular complexity index is 810. The van der Waals surface area contributed by atoms with Crippen LogP contribution in [0.1, 0.15) is 29.8 Å². The highest BCUT2D eigenvalue weighted by Gasteiger charge is 2.16. The molecule has 21 heavy (non-hydrogen) atoms. The summed E-state index contributed by atoms with van der Waals surface area (Å²) in [6.07, 6.45) is 3.28. The number of carboxylic acids is 1. The molecule has 2 heterocycles. The molecule has 0 amide bonds. The fraction of sp³-hybridized carbons (Fsp3) is 0.200. The molecular formula is C15H14N4O2. The highest BCUT2D eigenvalue weighted by Crippen LogP contribution is 2.18. The van der Waals surface area contributed by atoms with Gasteiger partial charge >= 0.3 is 5.97 Å². The second-order valence-electron chi connectivity index (χ2n) is 4.70. The number of aromatic carboxylic acids is 1. The number of pyridine rings is 1. The summed E-state index contributed by atoms with van der Waals surface area (Å²) in [7, 11) is 0. The van der Waals surface area contributed by atoms with Crippen molar-refractivity contribution in [1.29, 1.82) is 0 Å². The summed E-state index contributed by atoms with van der Waals surface area (Å²) in [5.41, 5.74) is 1.68. The Morgan fingerprint density at radius 3 is 2.95 bits per heavy atom. The SMILES string of the molecule is CCCc1nc(C(=O)O)nn1-c1ccc2ncccc2c1. The molecule has 1 N–H and O–H groups in total. The third-order valence-electron chi connectivity index (χ3n) is 3.17. The highest BCUT2D eigenvalue weighted by atomic mass is 16.4. The van der Waals surface area contributed by atoms with Crippen LogP contribution in [0.2, 0.25) is 0 Å². The Balaban J connectivity index is 2.14. The maximum atomic E-state index is 11.1. The standard InChI is InChI=1S/C15H14N4O2/c1-2-4-13-17-14(15(20)21)18-19(13)11-6-7-12-10(9-11)5-3-8-16-12/h3,5-9H,2,4H2,1H3,(H,20,21). The minimum absolute atomic E-state index is 0.176. The highest BCUT2D eigenvalue weighted by molar-refractivity contribution is 5.83. The summed E-state index contributed by atoms with van der Waals surface area (Å²) in [4.78, 5) is 19.4. The maximum absolute atomic E-state index is 11.1. The lowest BCUT2D eigenvalue weighted by Crippen LogP contribution is -2.04. The average molecular weight is 282 g/mol. The second kappa shape index (κ2) is 5.32. The first-order chi connectivity index (χ1) is 10.2. The van der Waals surface area contributed by atoms with Crippen molar-refractivity contribution in [3.05, 3.63) is 48.2 Å². The molecule has 0 aliphatic carbocycles. The number of aryl methyl sites for hydroxylation is 1. The Morgan fingerprint density at radius 1 is 1.33 bits per heavy atom. The first-order valence-corrected chi connectivity index (χ1v) is 6.73. The minimum atomic E-state index is -1.12. The molecule has 6 nitrogen and oxygen atoms in total. The van der Waals surface area contributed by atoms with Gasteiger partial charge in [-0.3, -0.25) is 4.98 Å². The molecule has 0 radical (unpaired) electrons. The predicted molar refractivity (Wildman–Crippen MR) is 77.6 cm³/mol. The van der Waals surface area contributed by atoms with Gasteiger partial charge in [0.15, 0.2) is 0 Å². The van der Waals surface area contributed by atoms with E-state index in [9.17, 15) is 4.79 Å². The van der Waals surface area contributed by atoms with Gasteiger partial charge < -0.3 is 5.11 Å². The van der Waals surface area contributed by atoms with Crippen molar-refractivity contribution in [3.63, 3.8) is 0 Å². The van der Waals surface area contributed by atoms with Gasteiger partial charge in [-0.1, -0.05) is 13.0 Å². The average Bonchev–Trinajstić information content (AvgIpc) is 2.91. The van der Waals surface area contributed by atoms with E-state index in [2.05, 4.69) is 15.1 Å². The van der Waals surface area contributed by atoms with Crippen molar-refractivity contribution in [2.75, 3.05) is 0 Å². The van der Waals surface area contributed by atoms with Gasteiger partial charge in [0.2, 0.25) is 0 Å². The molecule has 2 aromatic heterocycles. The third kappa shape index (κ3) is 2.47. The predicted octanol–water partition coefficient (Wildman–Crippen LogP) is 2.47. The zero-order valence-corrected chi connectivity index (χ0v) is 11.5. The van der Waals surface area contributed by atoms with E-state index in [-0.39, 0.29) is 5.82 Å². The minimum Gasteiger partial charge on any atom is -0.475 e. The van der Waals surface area contributed by atoms with Crippen molar-refractivity contribution < 1.29 is 9.90 Å². The van der Waals surface area contributed by atoms with Crippen molar-refractivity contribution >= 4 is 16.9 Å². The molecule has 3 rings (SSSR count). The van der Waals surface area contributed by atoms with Crippen LogP contribution < -0.4 is 0 Å². The third-order valence-corrected chi connectivity index (χ3v) is 3.17. The van der Waals surface area contributed by atoms with Crippen LogP contribution in [0.4, 0.5) is 0 Å². The van der Waals surface area contributed by atoms with Gasteiger partial charge in [-0.05, 0) is 30.7 Å². The molecule has 1 aromatic carbocycles. The number of hydrogen-bond donors (Lipinski definition) is 1. The van der Waals surface area contributed by atoms with Gasteiger partial charge in [0.05, 0.1) is 11.2 Å². The molecule has 0 fully saturated rings. The van der Waals surface area contributed by atoms with E-state index in [0.29, 0.717) is 12.2 Å². The molecule has 6 heteroatoms. The van der Waals surface area contributed by atoms with Crippen LogP contribution in [0.3, 0.4) is 0 Å². The lowest BCUT2D eigenvalue weighted by atomic mass is 10.2. The normalized spacial score (nSPS) is 10.9. The number of nitrogens with zero attached hydrogens (tertiary/aromatic N) is 4. The summed E-state index contributed by atoms with van der Waals surface area (Å²) in [6, 6.07) is 9.52. The van der Waals surface area contributed by atoms with Gasteiger partial charge in [0.1, 0.15) is 5.82 Å². The number of rotatable bonds is 4. The van der Waals surface area contributed by atoms with Gasteiger partial charge in [-0.25, -0.2) is 14.5 Å². The van der Waals surface area contributed by atoms with Gasteiger partial charge in [0.25, 0.3) is 5.82 Å². The summed E-state index contributed by atoms with van der Waals surface area (Å²) >= 11 is 0. The molecule has 0 atom stereocenters. The monoisotopic (exact) mass is 282 g/mol. The summed E-state index contributed by atoms with van der Waals surface area (Å²) < 4.78 is 1.60. The number of benzene rings is 1. The molecule has 0 saturated heterocycles. The topological polar surface area (TPSA) is 80.9 Å². The Kier molecular flexibility index (Phi) is 3.35. The molecule has 0 aliphatic heterocycles. The first-order valence-electron chi connectivity index (χ1n) is 6.73. The number of fused-ring (bicyclic) bond motifs is 1. The maximum Gasteiger partial charge on any atom is 0.375 e. The number of carbonyl (C=O) groups is 1. The van der Waals surface area contributed by atoms with Gasteiger partial charge in [-0.15, -0.1) is 5.10 Å². The van der Waals surface area contributed by atoms with Gasteiger partial charge in [-0.2, -0.15) is 0 Å². The molecule has 0 saturated carbocycles. The van der Waals surface area contributed by atoms with Crippen molar-refractivity contribution in [1.82, 2.24) is 19.7 Å². The Hall–Kier alpha value is -2.76. The molecule has 0 unspecified atom stereocenters. The summed E-state index contributed by atoms with van der Waals surface area (Å²) in [6.45, 7) is 2.02.